The average Bonchev–Trinajstić information content (AvgIpc) is 2.39. The second-order valence-electron chi connectivity index (χ2n) is 3.44. The van der Waals surface area contributed by atoms with Gasteiger partial charge in [-0.25, -0.2) is 19.2 Å². The highest BCUT2D eigenvalue weighted by atomic mass is 32.2. The van der Waals surface area contributed by atoms with Crippen molar-refractivity contribution in [3.63, 3.8) is 0 Å². The zero-order chi connectivity index (χ0) is 13.1. The number of nitrogens with zero attached hydrogens (tertiary/aromatic N) is 2. The molecule has 2 aromatic rings. The fourth-order valence-corrected chi connectivity index (χ4v) is 1.77. The molecule has 0 aliphatic heterocycles. The lowest BCUT2D eigenvalue weighted by atomic mass is 10.1. The summed E-state index contributed by atoms with van der Waals surface area (Å²) in [6, 6.07) is 7.07. The van der Waals surface area contributed by atoms with E-state index in [0.717, 1.165) is 0 Å². The highest BCUT2D eigenvalue weighted by Gasteiger charge is 2.11. The van der Waals surface area contributed by atoms with Crippen molar-refractivity contribution in [2.75, 3.05) is 6.26 Å². The summed E-state index contributed by atoms with van der Waals surface area (Å²) in [5.41, 5.74) is 1.04. The topological polar surface area (TPSA) is 63.1 Å². The molecule has 1 heterocycles. The minimum Gasteiger partial charge on any atom is -0.477 e. The van der Waals surface area contributed by atoms with Crippen LogP contribution in [0, 0.1) is 5.82 Å². The van der Waals surface area contributed by atoms with Crippen LogP contribution < -0.4 is 0 Å². The van der Waals surface area contributed by atoms with Gasteiger partial charge in [0.25, 0.3) is 0 Å². The van der Waals surface area contributed by atoms with Crippen molar-refractivity contribution in [2.24, 2.45) is 0 Å². The fraction of sp³-hybridized carbons (Fsp3) is 0.0833. The zero-order valence-corrected chi connectivity index (χ0v) is 10.2. The van der Waals surface area contributed by atoms with E-state index in [-0.39, 0.29) is 11.5 Å². The fourth-order valence-electron chi connectivity index (χ4n) is 1.39. The lowest BCUT2D eigenvalue weighted by Gasteiger charge is -2.04. The summed E-state index contributed by atoms with van der Waals surface area (Å²) in [5, 5.41) is 9.33. The molecular formula is C12H9FN2O2S. The molecule has 4 nitrogen and oxygen atoms in total. The number of rotatable bonds is 3. The molecule has 1 aromatic heterocycles. The Morgan fingerprint density at radius 3 is 2.50 bits per heavy atom. The quantitative estimate of drug-likeness (QED) is 0.682. The number of benzene rings is 1. The van der Waals surface area contributed by atoms with Crippen LogP contribution in [-0.4, -0.2) is 27.3 Å². The molecule has 0 aliphatic rings. The van der Waals surface area contributed by atoms with E-state index in [2.05, 4.69) is 9.97 Å². The average molecular weight is 264 g/mol. The molecule has 0 atom stereocenters. The lowest BCUT2D eigenvalue weighted by molar-refractivity contribution is 0.0689. The second kappa shape index (κ2) is 5.14. The molecule has 92 valence electrons. The summed E-state index contributed by atoms with van der Waals surface area (Å²) in [6.07, 6.45) is 1.76. The van der Waals surface area contributed by atoms with E-state index in [4.69, 9.17) is 5.11 Å². The molecular weight excluding hydrogens is 255 g/mol. The van der Waals surface area contributed by atoms with E-state index in [1.54, 1.807) is 18.4 Å². The van der Waals surface area contributed by atoms with E-state index in [1.807, 2.05) is 0 Å². The number of hydrogen-bond acceptors (Lipinski definition) is 4. The Kier molecular flexibility index (Phi) is 3.57. The van der Waals surface area contributed by atoms with Crippen molar-refractivity contribution < 1.29 is 14.3 Å². The number of carbonyl (C=O) groups is 1. The van der Waals surface area contributed by atoms with Crippen molar-refractivity contribution in [2.45, 2.75) is 5.16 Å². The van der Waals surface area contributed by atoms with Crippen LogP contribution in [0.4, 0.5) is 4.39 Å². The monoisotopic (exact) mass is 264 g/mol. The van der Waals surface area contributed by atoms with Gasteiger partial charge in [-0.3, -0.25) is 0 Å². The minimum absolute atomic E-state index is 0.0753. The van der Waals surface area contributed by atoms with E-state index >= 15 is 0 Å². The van der Waals surface area contributed by atoms with Crippen LogP contribution in [-0.2, 0) is 0 Å². The van der Waals surface area contributed by atoms with Crippen LogP contribution in [0.3, 0.4) is 0 Å². The maximum absolute atomic E-state index is 12.8. The minimum atomic E-state index is -1.11. The Bertz CT molecular complexity index is 587. The summed E-state index contributed by atoms with van der Waals surface area (Å²) < 4.78 is 12.8. The molecule has 6 heteroatoms. The third kappa shape index (κ3) is 2.65. The first kappa shape index (κ1) is 12.5. The Balaban J connectivity index is 2.52. The van der Waals surface area contributed by atoms with E-state index < -0.39 is 5.97 Å². The standard InChI is InChI=1S/C12H9FN2O2S/c1-18-12-14-9(6-10(15-12)11(16)17)7-2-4-8(13)5-3-7/h2-6H,1H3,(H,16,17). The molecule has 1 aromatic carbocycles. The summed E-state index contributed by atoms with van der Waals surface area (Å²) in [5.74, 6) is -1.47. The predicted molar refractivity (Wildman–Crippen MR) is 66.2 cm³/mol. The van der Waals surface area contributed by atoms with Gasteiger partial charge in [-0.05, 0) is 36.6 Å². The van der Waals surface area contributed by atoms with Gasteiger partial charge in [0.05, 0.1) is 5.69 Å². The van der Waals surface area contributed by atoms with Gasteiger partial charge >= 0.3 is 5.97 Å². The largest absolute Gasteiger partial charge is 0.477 e. The van der Waals surface area contributed by atoms with Crippen LogP contribution in [0.5, 0.6) is 0 Å². The normalized spacial score (nSPS) is 10.3. The first-order chi connectivity index (χ1) is 8.60. The Labute approximate surface area is 107 Å². The van der Waals surface area contributed by atoms with Crippen molar-refractivity contribution in [3.8, 4) is 11.3 Å². The van der Waals surface area contributed by atoms with E-state index in [0.29, 0.717) is 16.4 Å². The van der Waals surface area contributed by atoms with Crippen LogP contribution in [0.15, 0.2) is 35.5 Å². The first-order valence-electron chi connectivity index (χ1n) is 5.02. The molecule has 0 unspecified atom stereocenters. The number of thioether (sulfide) groups is 1. The van der Waals surface area contributed by atoms with Gasteiger partial charge in [-0.15, -0.1) is 0 Å². The van der Waals surface area contributed by atoms with Gasteiger partial charge in [-0.1, -0.05) is 11.8 Å². The predicted octanol–water partition coefficient (Wildman–Crippen LogP) is 2.70. The zero-order valence-electron chi connectivity index (χ0n) is 9.42. The number of halogens is 1. The van der Waals surface area contributed by atoms with Gasteiger partial charge in [0, 0.05) is 5.56 Å². The smallest absolute Gasteiger partial charge is 0.354 e. The maximum Gasteiger partial charge on any atom is 0.354 e. The molecule has 0 saturated carbocycles. The van der Waals surface area contributed by atoms with Gasteiger partial charge in [0.15, 0.2) is 10.9 Å². The summed E-state index contributed by atoms with van der Waals surface area (Å²) in [7, 11) is 0. The molecule has 0 radical (unpaired) electrons. The number of aromatic carboxylic acids is 1. The third-order valence-electron chi connectivity index (χ3n) is 2.25. The van der Waals surface area contributed by atoms with Crippen molar-refractivity contribution in [1.82, 2.24) is 9.97 Å². The van der Waals surface area contributed by atoms with Crippen LogP contribution >= 0.6 is 11.8 Å². The molecule has 0 aliphatic carbocycles. The Hall–Kier alpha value is -1.95. The van der Waals surface area contributed by atoms with Crippen LogP contribution in [0.1, 0.15) is 10.5 Å². The highest BCUT2D eigenvalue weighted by Crippen LogP contribution is 2.21. The molecule has 2 rings (SSSR count). The Morgan fingerprint density at radius 1 is 1.28 bits per heavy atom. The van der Waals surface area contributed by atoms with Gasteiger partial charge < -0.3 is 5.11 Å². The van der Waals surface area contributed by atoms with E-state index in [9.17, 15) is 9.18 Å². The summed E-state index contributed by atoms with van der Waals surface area (Å²) in [4.78, 5) is 19.0. The number of carboxylic acids is 1. The lowest BCUT2D eigenvalue weighted by Crippen LogP contribution is -2.03. The summed E-state index contributed by atoms with van der Waals surface area (Å²) >= 11 is 1.25. The van der Waals surface area contributed by atoms with E-state index in [1.165, 1.54) is 30.0 Å². The number of carboxylic acid groups (broad SMARTS) is 1. The van der Waals surface area contributed by atoms with Gasteiger partial charge in [-0.2, -0.15) is 0 Å². The molecule has 0 amide bonds. The van der Waals surface area contributed by atoms with Crippen molar-refractivity contribution >= 4 is 17.7 Å². The number of aromatic nitrogens is 2. The summed E-state index contributed by atoms with van der Waals surface area (Å²) in [6.45, 7) is 0. The Morgan fingerprint density at radius 2 is 1.94 bits per heavy atom. The van der Waals surface area contributed by atoms with Crippen LogP contribution in [0.2, 0.25) is 0 Å². The van der Waals surface area contributed by atoms with Crippen molar-refractivity contribution in [3.05, 3.63) is 41.8 Å². The second-order valence-corrected chi connectivity index (χ2v) is 4.21. The number of hydrogen-bond donors (Lipinski definition) is 1. The molecule has 18 heavy (non-hydrogen) atoms. The van der Waals surface area contributed by atoms with Crippen molar-refractivity contribution in [1.29, 1.82) is 0 Å². The molecule has 0 spiro atoms. The molecule has 0 fully saturated rings. The molecule has 1 N–H and O–H groups in total. The van der Waals surface area contributed by atoms with Gasteiger partial charge in [0.1, 0.15) is 5.82 Å². The van der Waals surface area contributed by atoms with Gasteiger partial charge in [0.2, 0.25) is 0 Å². The first-order valence-corrected chi connectivity index (χ1v) is 6.25. The highest BCUT2D eigenvalue weighted by molar-refractivity contribution is 7.98. The SMILES string of the molecule is CSc1nc(C(=O)O)cc(-c2ccc(F)cc2)n1. The third-order valence-corrected chi connectivity index (χ3v) is 2.80. The maximum atomic E-state index is 12.8. The molecule has 0 saturated heterocycles. The molecule has 0 bridgehead atoms. The van der Waals surface area contributed by atoms with Crippen LogP contribution in [0.25, 0.3) is 11.3 Å².